The summed E-state index contributed by atoms with van der Waals surface area (Å²) in [6.07, 6.45) is 1.25. The molecule has 1 rings (SSSR count). The summed E-state index contributed by atoms with van der Waals surface area (Å²) >= 11 is 8.73. The largest absolute Gasteiger partial charge is 0.481 e. The van der Waals surface area contributed by atoms with Gasteiger partial charge in [0.15, 0.2) is 5.96 Å². The minimum absolute atomic E-state index is 0.0161. The molecule has 24 N–H and O–H groups in total. The Balaban J connectivity index is 3.32. The van der Waals surface area contributed by atoms with Gasteiger partial charge in [0.25, 0.3) is 0 Å². The van der Waals surface area contributed by atoms with E-state index in [1.807, 2.05) is 13.8 Å². The first-order valence-corrected chi connectivity index (χ1v) is 30.2. The molecule has 492 valence electrons. The van der Waals surface area contributed by atoms with Gasteiger partial charge in [0, 0.05) is 16.3 Å². The van der Waals surface area contributed by atoms with E-state index in [1.165, 1.54) is 13.8 Å². The number of hydrogen-bond donors (Lipinski definition) is 21. The molecule has 10 amide bonds. The summed E-state index contributed by atoms with van der Waals surface area (Å²) < 4.78 is 0. The van der Waals surface area contributed by atoms with Crippen LogP contribution in [0.5, 0.6) is 0 Å². The van der Waals surface area contributed by atoms with Gasteiger partial charge in [-0.15, -0.1) is 25.3 Å². The number of hydrogen-bond acceptors (Lipinski definition) is 19. The second-order valence-electron chi connectivity index (χ2n) is 22.1. The summed E-state index contributed by atoms with van der Waals surface area (Å²) in [5.74, 6) is -10.3. The number of guanidine groups is 1. The SMILES string of the molecule is CC(C)CC(NC(=O)C(CCCCN)NC(=O)C(C)NC(=O)C(CC(C)C)NC(=O)C(CCCCN)NC(O)c1cc(S)cc(S)c1)C(=O)NC(C)C(=O)NC(CCCCN)C(=O)NC(CCCNC(=N)N)C(=O)NCC(=O)NC(CC(=O)O)C(N)=O. The predicted molar refractivity (Wildman–Crippen MR) is 331 cm³/mol. The van der Waals surface area contributed by atoms with Crippen molar-refractivity contribution in [3.63, 3.8) is 0 Å². The van der Waals surface area contributed by atoms with Crippen LogP contribution in [0.1, 0.15) is 143 Å². The molecule has 0 radical (unpaired) electrons. The number of primary amides is 1. The molecule has 32 heteroatoms. The number of benzene rings is 1. The number of unbranched alkanes of at least 4 members (excludes halogenated alkanes) is 3. The molecule has 0 aromatic heterocycles. The molecule has 0 aliphatic carbocycles. The minimum Gasteiger partial charge on any atom is -0.481 e. The molecule has 10 atom stereocenters. The van der Waals surface area contributed by atoms with Gasteiger partial charge in [0.1, 0.15) is 54.6 Å². The highest BCUT2D eigenvalue weighted by Gasteiger charge is 2.34. The van der Waals surface area contributed by atoms with Crippen molar-refractivity contribution in [1.29, 1.82) is 5.41 Å². The average Bonchev–Trinajstić information content (AvgIpc) is 3.10. The fraction of sp³-hybridized carbons (Fsp3) is 0.673. The third kappa shape index (κ3) is 32.6. The van der Waals surface area contributed by atoms with Crippen LogP contribution in [0.25, 0.3) is 0 Å². The number of amides is 10. The van der Waals surface area contributed by atoms with Gasteiger partial charge >= 0.3 is 5.97 Å². The Morgan fingerprint density at radius 2 is 0.862 bits per heavy atom. The summed E-state index contributed by atoms with van der Waals surface area (Å²) in [5, 5.41) is 56.2. The van der Waals surface area contributed by atoms with E-state index in [1.54, 1.807) is 32.0 Å². The lowest BCUT2D eigenvalue weighted by Crippen LogP contribution is -2.60. The molecule has 0 saturated heterocycles. The van der Waals surface area contributed by atoms with Crippen molar-refractivity contribution in [3.8, 4) is 0 Å². The third-order valence-electron chi connectivity index (χ3n) is 13.3. The molecular formula is C55H97N17O13S2. The number of rotatable bonds is 44. The number of aliphatic carboxylic acids is 1. The van der Waals surface area contributed by atoms with Crippen LogP contribution >= 0.6 is 25.3 Å². The van der Waals surface area contributed by atoms with E-state index in [9.17, 15) is 57.8 Å². The van der Waals surface area contributed by atoms with Crippen molar-refractivity contribution in [1.82, 2.24) is 58.5 Å². The van der Waals surface area contributed by atoms with Gasteiger partial charge in [-0.05, 0) is 146 Å². The molecule has 30 nitrogen and oxygen atoms in total. The van der Waals surface area contributed by atoms with Crippen molar-refractivity contribution >= 4 is 96.3 Å². The van der Waals surface area contributed by atoms with Crippen LogP contribution in [0, 0.1) is 17.2 Å². The van der Waals surface area contributed by atoms with Gasteiger partial charge in [-0.25, -0.2) is 0 Å². The van der Waals surface area contributed by atoms with Gasteiger partial charge in [0.2, 0.25) is 59.1 Å². The highest BCUT2D eigenvalue weighted by atomic mass is 32.1. The molecule has 87 heavy (non-hydrogen) atoms. The lowest BCUT2D eigenvalue weighted by Gasteiger charge is -2.28. The van der Waals surface area contributed by atoms with Gasteiger partial charge in [-0.1, -0.05) is 34.1 Å². The van der Waals surface area contributed by atoms with Gasteiger partial charge < -0.3 is 92.0 Å². The number of carboxylic acids is 1. The van der Waals surface area contributed by atoms with E-state index in [0.717, 1.165) is 0 Å². The topological polar surface area (TPSA) is 515 Å². The summed E-state index contributed by atoms with van der Waals surface area (Å²) in [5.41, 5.74) is 28.2. The van der Waals surface area contributed by atoms with Crippen molar-refractivity contribution in [2.45, 2.75) is 202 Å². The molecule has 0 heterocycles. The van der Waals surface area contributed by atoms with E-state index in [4.69, 9.17) is 39.2 Å². The van der Waals surface area contributed by atoms with Crippen LogP contribution < -0.4 is 87.2 Å². The number of nitrogens with one attached hydrogen (secondary N) is 12. The number of carbonyl (C=O) groups excluding carboxylic acids is 10. The Kier molecular flexibility index (Phi) is 37.8. The van der Waals surface area contributed by atoms with E-state index in [2.05, 4.69) is 83.7 Å². The number of aliphatic hydroxyl groups is 1. The van der Waals surface area contributed by atoms with Gasteiger partial charge in [-0.2, -0.15) is 0 Å². The number of aliphatic hydroxyl groups excluding tert-OH is 1. The van der Waals surface area contributed by atoms with Crippen LogP contribution in [0.4, 0.5) is 0 Å². The van der Waals surface area contributed by atoms with Gasteiger partial charge in [0.05, 0.1) is 19.0 Å². The molecule has 1 aromatic rings. The average molecular weight is 1270 g/mol. The molecule has 0 aliphatic rings. The maximum atomic E-state index is 14.2. The first-order chi connectivity index (χ1) is 40.9. The monoisotopic (exact) mass is 1270 g/mol. The smallest absolute Gasteiger partial charge is 0.305 e. The molecule has 0 spiro atoms. The van der Waals surface area contributed by atoms with Crippen molar-refractivity contribution in [3.05, 3.63) is 23.8 Å². The van der Waals surface area contributed by atoms with Crippen LogP contribution in [0.15, 0.2) is 28.0 Å². The van der Waals surface area contributed by atoms with Gasteiger partial charge in [-0.3, -0.25) is 63.5 Å². The molecule has 0 aliphatic heterocycles. The Morgan fingerprint density at radius 1 is 0.483 bits per heavy atom. The van der Waals surface area contributed by atoms with Crippen molar-refractivity contribution < 1.29 is 63.0 Å². The van der Waals surface area contributed by atoms with Crippen LogP contribution in [0.2, 0.25) is 0 Å². The van der Waals surface area contributed by atoms with E-state index >= 15 is 0 Å². The summed E-state index contributed by atoms with van der Waals surface area (Å²) in [4.78, 5) is 148. The molecule has 0 bridgehead atoms. The summed E-state index contributed by atoms with van der Waals surface area (Å²) in [6.45, 7) is 10.2. The first kappa shape index (κ1) is 78.2. The van der Waals surface area contributed by atoms with E-state index < -0.39 is 139 Å². The first-order valence-electron chi connectivity index (χ1n) is 29.3. The molecular weight excluding hydrogens is 1170 g/mol. The highest BCUT2D eigenvalue weighted by Crippen LogP contribution is 2.22. The molecule has 0 saturated carbocycles. The number of nitrogens with two attached hydrogens (primary N) is 5. The second kappa shape index (κ2) is 42.1. The quantitative estimate of drug-likeness (QED) is 0.0101. The number of thiol groups is 2. The molecule has 1 aromatic carbocycles. The third-order valence-corrected chi connectivity index (χ3v) is 13.8. The van der Waals surface area contributed by atoms with Crippen LogP contribution in [-0.2, 0) is 52.7 Å². The van der Waals surface area contributed by atoms with Crippen molar-refractivity contribution in [2.75, 3.05) is 32.7 Å². The number of carboxylic acid groups (broad SMARTS) is 1. The zero-order valence-electron chi connectivity index (χ0n) is 50.8. The maximum Gasteiger partial charge on any atom is 0.305 e. The Bertz CT molecular complexity index is 2420. The minimum atomic E-state index is -1.58. The zero-order valence-corrected chi connectivity index (χ0v) is 52.6. The zero-order chi connectivity index (χ0) is 65.9. The maximum absolute atomic E-state index is 14.2. The Hall–Kier alpha value is -6.84. The van der Waals surface area contributed by atoms with E-state index in [-0.39, 0.29) is 82.4 Å². The highest BCUT2D eigenvalue weighted by molar-refractivity contribution is 7.81. The Morgan fingerprint density at radius 3 is 1.26 bits per heavy atom. The number of carbonyl (C=O) groups is 11. The summed E-state index contributed by atoms with van der Waals surface area (Å²) in [7, 11) is 0. The fourth-order valence-electron chi connectivity index (χ4n) is 8.68. The fourth-order valence-corrected chi connectivity index (χ4v) is 9.35. The molecule has 10 unspecified atom stereocenters. The van der Waals surface area contributed by atoms with Crippen LogP contribution in [0.3, 0.4) is 0 Å². The summed E-state index contributed by atoms with van der Waals surface area (Å²) in [6, 6.07) is -6.50. The predicted octanol–water partition coefficient (Wildman–Crippen LogP) is -3.05. The normalized spacial score (nSPS) is 14.6. The van der Waals surface area contributed by atoms with Crippen LogP contribution in [-0.4, -0.2) is 168 Å². The van der Waals surface area contributed by atoms with E-state index in [0.29, 0.717) is 60.4 Å². The molecule has 0 fully saturated rings. The second-order valence-corrected chi connectivity index (χ2v) is 23.1. The lowest BCUT2D eigenvalue weighted by molar-refractivity contribution is -0.140. The standard InChI is InChI=1S/C55H97N17O13S2/c1-29(2)22-41(53(84)64-31(5)46(77)67-37(14-7-10-18-56)50(81)70-36(17-13-21-62-55(60)61)49(80)63-28-43(73)66-40(45(59)76)27-44(74)75)71-51(82)38(15-8-11-19-57)68-47(78)32(6)65-54(85)42(23-30(3)4)72-52(83)39(16-9-12-20-58)69-48(79)33-24-34(86)26-35(87)25-33/h24-26,29-32,36-42,48,69,79,86-87H,7-23,27-28,56-58H2,1-6H3,(H2,59,76)(H,63,80)(H,64,84)(H,65,85)(H,66,73)(H,67,77)(H,68,78)(H,70,81)(H,71,82)(H,72,83)(H,74,75)(H4,60,61,62). The van der Waals surface area contributed by atoms with Crippen molar-refractivity contribution in [2.24, 2.45) is 40.5 Å². The Labute approximate surface area is 519 Å². The lowest BCUT2D eigenvalue weighted by atomic mass is 10.0.